The number of imide groups is 1. The van der Waals surface area contributed by atoms with Crippen molar-refractivity contribution in [2.24, 2.45) is 0 Å². The van der Waals surface area contributed by atoms with Crippen LogP contribution in [0.1, 0.15) is 33.0 Å². The minimum atomic E-state index is -0.361. The second kappa shape index (κ2) is 7.73. The van der Waals surface area contributed by atoms with Gasteiger partial charge in [0.15, 0.2) is 0 Å². The molecule has 3 aromatic rings. The lowest BCUT2D eigenvalue weighted by Crippen LogP contribution is -2.35. The molecule has 8 nitrogen and oxygen atoms in total. The van der Waals surface area contributed by atoms with Crippen LogP contribution >= 0.6 is 11.3 Å². The number of carbonyl (C=O) groups excluding carboxylic acids is 3. The van der Waals surface area contributed by atoms with Crippen LogP contribution in [0.15, 0.2) is 46.2 Å². The molecular weight excluding hydrogens is 380 g/mol. The molecule has 9 heteroatoms. The monoisotopic (exact) mass is 396 g/mol. The molecule has 0 saturated carbocycles. The number of amides is 3. The molecule has 3 heterocycles. The van der Waals surface area contributed by atoms with Crippen molar-refractivity contribution in [3.8, 4) is 10.8 Å². The molecule has 142 valence electrons. The van der Waals surface area contributed by atoms with Crippen LogP contribution in [-0.2, 0) is 11.2 Å². The molecule has 1 aromatic carbocycles. The highest BCUT2D eigenvalue weighted by atomic mass is 32.1. The van der Waals surface area contributed by atoms with Crippen LogP contribution in [0.25, 0.3) is 10.8 Å². The average Bonchev–Trinajstić information content (AvgIpc) is 3.43. The summed E-state index contributed by atoms with van der Waals surface area (Å²) >= 11 is 1.51. The summed E-state index contributed by atoms with van der Waals surface area (Å²) in [6.45, 7) is 0.369. The van der Waals surface area contributed by atoms with Crippen molar-refractivity contribution >= 4 is 29.1 Å². The fourth-order valence-electron chi connectivity index (χ4n) is 2.91. The van der Waals surface area contributed by atoms with Gasteiger partial charge in [-0.3, -0.25) is 19.3 Å². The van der Waals surface area contributed by atoms with Gasteiger partial charge in [-0.1, -0.05) is 18.2 Å². The summed E-state index contributed by atoms with van der Waals surface area (Å²) in [7, 11) is 0. The first-order chi connectivity index (χ1) is 13.6. The zero-order valence-electron chi connectivity index (χ0n) is 14.8. The van der Waals surface area contributed by atoms with E-state index in [1.165, 1.54) is 11.3 Å². The van der Waals surface area contributed by atoms with Gasteiger partial charge in [-0.2, -0.15) is 0 Å². The predicted octanol–water partition coefficient (Wildman–Crippen LogP) is 2.14. The van der Waals surface area contributed by atoms with Crippen LogP contribution in [0.5, 0.6) is 0 Å². The summed E-state index contributed by atoms with van der Waals surface area (Å²) in [6.07, 6.45) is 0.437. The number of aromatic nitrogens is 2. The fraction of sp³-hybridized carbons (Fsp3) is 0.211. The molecule has 0 saturated heterocycles. The highest BCUT2D eigenvalue weighted by Gasteiger charge is 2.34. The van der Waals surface area contributed by atoms with Crippen molar-refractivity contribution in [2.75, 3.05) is 13.1 Å². The van der Waals surface area contributed by atoms with Crippen LogP contribution < -0.4 is 5.32 Å². The van der Waals surface area contributed by atoms with E-state index in [4.69, 9.17) is 4.42 Å². The Labute approximate surface area is 164 Å². The van der Waals surface area contributed by atoms with Crippen molar-refractivity contribution in [1.82, 2.24) is 20.4 Å². The van der Waals surface area contributed by atoms with Crippen LogP contribution in [0.4, 0.5) is 0 Å². The molecule has 0 bridgehead atoms. The number of benzene rings is 1. The molecule has 1 aliphatic heterocycles. The van der Waals surface area contributed by atoms with Crippen LogP contribution in [0.3, 0.4) is 0 Å². The van der Waals surface area contributed by atoms with Gasteiger partial charge in [0.1, 0.15) is 0 Å². The zero-order valence-corrected chi connectivity index (χ0v) is 15.6. The maximum absolute atomic E-state index is 12.3. The molecule has 28 heavy (non-hydrogen) atoms. The normalized spacial score (nSPS) is 13.1. The third kappa shape index (κ3) is 3.56. The van der Waals surface area contributed by atoms with Gasteiger partial charge in [-0.05, 0) is 23.6 Å². The fourth-order valence-corrected chi connectivity index (χ4v) is 3.55. The number of hydrogen-bond acceptors (Lipinski definition) is 7. The molecule has 1 aliphatic rings. The van der Waals surface area contributed by atoms with E-state index in [-0.39, 0.29) is 30.7 Å². The first kappa shape index (κ1) is 18.1. The second-order valence-electron chi connectivity index (χ2n) is 6.14. The lowest BCUT2D eigenvalue weighted by Gasteiger charge is -2.13. The molecule has 0 radical (unpaired) electrons. The Morgan fingerprint density at radius 2 is 1.82 bits per heavy atom. The maximum Gasteiger partial charge on any atom is 0.261 e. The summed E-state index contributed by atoms with van der Waals surface area (Å²) in [6, 6.07) is 10.4. The lowest BCUT2D eigenvalue weighted by atomic mass is 10.1. The molecule has 0 fully saturated rings. The van der Waals surface area contributed by atoms with E-state index < -0.39 is 0 Å². The van der Waals surface area contributed by atoms with Crippen molar-refractivity contribution in [2.45, 2.75) is 12.8 Å². The Bertz CT molecular complexity index is 993. The Kier molecular flexibility index (Phi) is 4.98. The van der Waals surface area contributed by atoms with E-state index in [2.05, 4.69) is 15.5 Å². The van der Waals surface area contributed by atoms with Crippen molar-refractivity contribution in [1.29, 1.82) is 0 Å². The highest BCUT2D eigenvalue weighted by Crippen LogP contribution is 2.23. The first-order valence-electron chi connectivity index (χ1n) is 8.71. The lowest BCUT2D eigenvalue weighted by molar-refractivity contribution is -0.121. The number of rotatable bonds is 7. The molecule has 0 atom stereocenters. The van der Waals surface area contributed by atoms with Gasteiger partial charge >= 0.3 is 0 Å². The Morgan fingerprint density at radius 3 is 2.50 bits per heavy atom. The second-order valence-corrected chi connectivity index (χ2v) is 7.08. The number of thiophene rings is 1. The number of nitrogens with zero attached hydrogens (tertiary/aromatic N) is 3. The third-order valence-corrected chi connectivity index (χ3v) is 5.16. The van der Waals surface area contributed by atoms with Gasteiger partial charge in [-0.25, -0.2) is 0 Å². The van der Waals surface area contributed by atoms with Crippen LogP contribution in [0, 0.1) is 0 Å². The molecule has 3 amide bonds. The van der Waals surface area contributed by atoms with Crippen molar-refractivity contribution < 1.29 is 18.8 Å². The van der Waals surface area contributed by atoms with Crippen LogP contribution in [0.2, 0.25) is 0 Å². The van der Waals surface area contributed by atoms with Gasteiger partial charge in [0.2, 0.25) is 11.8 Å². The maximum atomic E-state index is 12.3. The van der Waals surface area contributed by atoms with Crippen molar-refractivity contribution in [3.05, 3.63) is 58.8 Å². The predicted molar refractivity (Wildman–Crippen MR) is 101 cm³/mol. The van der Waals surface area contributed by atoms with Crippen LogP contribution in [-0.4, -0.2) is 45.9 Å². The first-order valence-corrected chi connectivity index (χ1v) is 9.59. The molecular formula is C19H16N4O4S. The molecule has 4 rings (SSSR count). The Morgan fingerprint density at radius 1 is 1.07 bits per heavy atom. The zero-order chi connectivity index (χ0) is 19.5. The standard InChI is InChI=1S/C19H16N4O4S/c24-15(8-10-23-18(25)12-4-1-2-5-13(12)19(23)26)20-9-7-16-21-22-17(27-16)14-6-3-11-28-14/h1-6,11H,7-10H2,(H,20,24). The summed E-state index contributed by atoms with van der Waals surface area (Å²) in [4.78, 5) is 38.6. The number of carbonyl (C=O) groups is 3. The minimum absolute atomic E-state index is 0.0374. The molecule has 0 aliphatic carbocycles. The van der Waals surface area contributed by atoms with E-state index in [0.717, 1.165) is 9.78 Å². The highest BCUT2D eigenvalue weighted by molar-refractivity contribution is 7.13. The summed E-state index contributed by atoms with van der Waals surface area (Å²) in [5, 5.41) is 12.6. The van der Waals surface area contributed by atoms with E-state index >= 15 is 0 Å². The summed E-state index contributed by atoms with van der Waals surface area (Å²) in [5.74, 6) is -0.0821. The number of nitrogens with one attached hydrogen (secondary N) is 1. The molecule has 0 spiro atoms. The molecule has 0 unspecified atom stereocenters. The number of hydrogen-bond donors (Lipinski definition) is 1. The van der Waals surface area contributed by atoms with Gasteiger partial charge in [0.25, 0.3) is 17.7 Å². The van der Waals surface area contributed by atoms with Gasteiger partial charge in [0.05, 0.1) is 16.0 Å². The smallest absolute Gasteiger partial charge is 0.261 e. The quantitative estimate of drug-likeness (QED) is 0.614. The minimum Gasteiger partial charge on any atom is -0.420 e. The average molecular weight is 396 g/mol. The Balaban J connectivity index is 1.24. The summed E-state index contributed by atoms with van der Waals surface area (Å²) in [5.41, 5.74) is 0.761. The van der Waals surface area contributed by atoms with Crippen molar-refractivity contribution in [3.63, 3.8) is 0 Å². The van der Waals surface area contributed by atoms with Gasteiger partial charge < -0.3 is 9.73 Å². The number of fused-ring (bicyclic) bond motifs is 1. The largest absolute Gasteiger partial charge is 0.420 e. The van der Waals surface area contributed by atoms with Gasteiger partial charge in [-0.15, -0.1) is 21.5 Å². The third-order valence-electron chi connectivity index (χ3n) is 4.30. The van der Waals surface area contributed by atoms with E-state index in [1.54, 1.807) is 24.3 Å². The van der Waals surface area contributed by atoms with E-state index in [1.807, 2.05) is 17.5 Å². The van der Waals surface area contributed by atoms with Gasteiger partial charge in [0, 0.05) is 25.9 Å². The Hall–Kier alpha value is -3.33. The van der Waals surface area contributed by atoms with E-state index in [9.17, 15) is 14.4 Å². The SMILES string of the molecule is O=C(CCN1C(=O)c2ccccc2C1=O)NCCc1nnc(-c2cccs2)o1. The molecule has 1 N–H and O–H groups in total. The molecule has 2 aromatic heterocycles. The topological polar surface area (TPSA) is 105 Å². The summed E-state index contributed by atoms with van der Waals surface area (Å²) < 4.78 is 5.55. The van der Waals surface area contributed by atoms with E-state index in [0.29, 0.717) is 35.9 Å².